The van der Waals surface area contributed by atoms with E-state index in [-0.39, 0.29) is 30.8 Å². The third-order valence-corrected chi connectivity index (χ3v) is 8.40. The molecule has 6 rings (SSSR count). The smallest absolute Gasteiger partial charge is 0.407 e. The minimum absolute atomic E-state index is 0.0131. The van der Waals surface area contributed by atoms with Crippen LogP contribution in [0.4, 0.5) is 10.6 Å². The lowest BCUT2D eigenvalue weighted by Crippen LogP contribution is -2.46. The Kier molecular flexibility index (Phi) is 9.91. The van der Waals surface area contributed by atoms with Gasteiger partial charge < -0.3 is 35.5 Å². The van der Waals surface area contributed by atoms with Gasteiger partial charge in [-0.15, -0.1) is 0 Å². The summed E-state index contributed by atoms with van der Waals surface area (Å²) in [5.74, 6) is -0.101. The standard InChI is InChI=1S/C34H34ClN7O5/c35-33-40-31(36-17-24(22-12-6-2-7-13-22)23-14-8-3-9-15-23)28-32(41-33)42(20-38-28)26-16-25(29(44)30(26)45)39-27(43)18-37-34(46)47-19-21-10-4-1-5-11-21/h1-15,20,24-26,29-30,44-45H,16-19H2,(H,37,46)(H,39,43)(H,36,40,41). The van der Waals surface area contributed by atoms with Crippen LogP contribution in [0.5, 0.6) is 0 Å². The molecule has 0 radical (unpaired) electrons. The maximum atomic E-state index is 12.6. The minimum Gasteiger partial charge on any atom is -0.445 e. The Morgan fingerprint density at radius 3 is 2.21 bits per heavy atom. The van der Waals surface area contributed by atoms with Crippen molar-refractivity contribution in [3.05, 3.63) is 119 Å². The second-order valence-corrected chi connectivity index (χ2v) is 11.6. The summed E-state index contributed by atoms with van der Waals surface area (Å²) < 4.78 is 6.77. The van der Waals surface area contributed by atoms with E-state index >= 15 is 0 Å². The SMILES string of the molecule is O=C(CNC(=O)OCc1ccccc1)NC1CC(n2cnc3c(NCC(c4ccccc4)c4ccccc4)nc(Cl)nc32)C(O)C1O. The van der Waals surface area contributed by atoms with E-state index < -0.39 is 36.3 Å². The van der Waals surface area contributed by atoms with Crippen molar-refractivity contribution in [2.45, 2.75) is 43.2 Å². The first-order valence-corrected chi connectivity index (χ1v) is 15.6. The van der Waals surface area contributed by atoms with Crippen LogP contribution < -0.4 is 16.0 Å². The number of aliphatic hydroxyl groups is 2. The summed E-state index contributed by atoms with van der Waals surface area (Å²) in [6, 6.07) is 27.9. The Hall–Kier alpha value is -5.04. The van der Waals surface area contributed by atoms with E-state index in [1.165, 1.54) is 6.33 Å². The number of fused-ring (bicyclic) bond motifs is 1. The van der Waals surface area contributed by atoms with Gasteiger partial charge >= 0.3 is 6.09 Å². The molecule has 1 aliphatic carbocycles. The lowest BCUT2D eigenvalue weighted by atomic mass is 9.91. The van der Waals surface area contributed by atoms with Crippen molar-refractivity contribution in [3.63, 3.8) is 0 Å². The van der Waals surface area contributed by atoms with Gasteiger partial charge in [-0.05, 0) is 34.7 Å². The Balaban J connectivity index is 1.11. The Bertz CT molecular complexity index is 1770. The summed E-state index contributed by atoms with van der Waals surface area (Å²) >= 11 is 6.37. The number of alkyl carbamates (subject to hydrolysis) is 1. The number of halogens is 1. The summed E-state index contributed by atoms with van der Waals surface area (Å²) in [7, 11) is 0. The van der Waals surface area contributed by atoms with Crippen LogP contribution in [0.25, 0.3) is 11.2 Å². The average Bonchev–Trinajstić information content (AvgIpc) is 3.64. The molecule has 0 saturated heterocycles. The summed E-state index contributed by atoms with van der Waals surface area (Å²) in [5, 5.41) is 30.3. The number of hydrogen-bond donors (Lipinski definition) is 5. The molecular weight excluding hydrogens is 622 g/mol. The second-order valence-electron chi connectivity index (χ2n) is 11.3. The van der Waals surface area contributed by atoms with Gasteiger partial charge in [0, 0.05) is 12.5 Å². The van der Waals surface area contributed by atoms with E-state index in [2.05, 4.69) is 55.2 Å². The molecule has 0 aliphatic heterocycles. The molecule has 5 N–H and O–H groups in total. The molecule has 3 aromatic carbocycles. The number of aromatic nitrogens is 4. The summed E-state index contributed by atoms with van der Waals surface area (Å²) in [5.41, 5.74) is 3.88. The monoisotopic (exact) mass is 655 g/mol. The van der Waals surface area contributed by atoms with Gasteiger partial charge in [0.15, 0.2) is 17.0 Å². The number of imidazole rings is 1. The van der Waals surface area contributed by atoms with Crippen LogP contribution >= 0.6 is 11.6 Å². The fraction of sp³-hybridized carbons (Fsp3) is 0.265. The van der Waals surface area contributed by atoms with Gasteiger partial charge in [-0.1, -0.05) is 91.0 Å². The van der Waals surface area contributed by atoms with Crippen molar-refractivity contribution < 1.29 is 24.5 Å². The Morgan fingerprint density at radius 1 is 0.915 bits per heavy atom. The van der Waals surface area contributed by atoms with Gasteiger partial charge in [-0.3, -0.25) is 4.79 Å². The molecule has 4 unspecified atom stereocenters. The Morgan fingerprint density at radius 2 is 1.55 bits per heavy atom. The van der Waals surface area contributed by atoms with Crippen molar-refractivity contribution in [1.82, 2.24) is 30.2 Å². The second kappa shape index (κ2) is 14.6. The van der Waals surface area contributed by atoms with Gasteiger partial charge in [0.05, 0.1) is 18.4 Å². The van der Waals surface area contributed by atoms with Crippen LogP contribution in [-0.2, 0) is 16.1 Å². The van der Waals surface area contributed by atoms with E-state index in [0.717, 1.165) is 16.7 Å². The predicted octanol–water partition coefficient (Wildman–Crippen LogP) is 3.80. The summed E-state index contributed by atoms with van der Waals surface area (Å²) in [6.07, 6.45) is -1.58. The number of hydrogen-bond acceptors (Lipinski definition) is 9. The van der Waals surface area contributed by atoms with Crippen LogP contribution in [-0.4, -0.2) is 73.1 Å². The molecule has 12 nitrogen and oxygen atoms in total. The molecule has 47 heavy (non-hydrogen) atoms. The van der Waals surface area contributed by atoms with E-state index in [0.29, 0.717) is 23.5 Å². The highest BCUT2D eigenvalue weighted by Crippen LogP contribution is 2.35. The van der Waals surface area contributed by atoms with Gasteiger partial charge in [0.25, 0.3) is 0 Å². The number of benzene rings is 3. The first-order valence-electron chi connectivity index (χ1n) is 15.2. The lowest BCUT2D eigenvalue weighted by molar-refractivity contribution is -0.121. The predicted molar refractivity (Wildman–Crippen MR) is 176 cm³/mol. The zero-order valence-electron chi connectivity index (χ0n) is 25.2. The van der Waals surface area contributed by atoms with Crippen LogP contribution in [0, 0.1) is 0 Å². The molecule has 1 aliphatic rings. The third kappa shape index (κ3) is 7.51. The van der Waals surface area contributed by atoms with Crippen LogP contribution in [0.15, 0.2) is 97.3 Å². The Labute approximate surface area is 275 Å². The number of carbonyl (C=O) groups is 2. The maximum Gasteiger partial charge on any atom is 0.407 e. The molecule has 242 valence electrons. The molecule has 0 bridgehead atoms. The molecule has 2 amide bonds. The number of nitrogens with zero attached hydrogens (tertiary/aromatic N) is 4. The lowest BCUT2D eigenvalue weighted by Gasteiger charge is -2.20. The van der Waals surface area contributed by atoms with E-state index in [1.807, 2.05) is 66.7 Å². The van der Waals surface area contributed by atoms with Crippen molar-refractivity contribution in [2.24, 2.45) is 0 Å². The van der Waals surface area contributed by atoms with Crippen LogP contribution in [0.2, 0.25) is 5.28 Å². The highest BCUT2D eigenvalue weighted by molar-refractivity contribution is 6.28. The molecule has 1 saturated carbocycles. The van der Waals surface area contributed by atoms with Gasteiger partial charge in [-0.2, -0.15) is 9.97 Å². The van der Waals surface area contributed by atoms with Crippen LogP contribution in [0.1, 0.15) is 35.1 Å². The molecule has 2 heterocycles. The molecule has 4 atom stereocenters. The highest BCUT2D eigenvalue weighted by atomic mass is 35.5. The summed E-state index contributed by atoms with van der Waals surface area (Å²) in [6.45, 7) is 0.195. The third-order valence-electron chi connectivity index (χ3n) is 8.23. The highest BCUT2D eigenvalue weighted by Gasteiger charge is 2.44. The molecule has 0 spiro atoms. The first-order chi connectivity index (χ1) is 22.9. The van der Waals surface area contributed by atoms with Crippen molar-refractivity contribution >= 4 is 40.6 Å². The van der Waals surface area contributed by atoms with E-state index in [4.69, 9.17) is 16.3 Å². The first kappa shape index (κ1) is 31.9. The number of nitrogens with one attached hydrogen (secondary N) is 3. The van der Waals surface area contributed by atoms with Crippen molar-refractivity contribution in [3.8, 4) is 0 Å². The largest absolute Gasteiger partial charge is 0.445 e. The van der Waals surface area contributed by atoms with Gasteiger partial charge in [-0.25, -0.2) is 9.78 Å². The number of ether oxygens (including phenoxy) is 1. The number of amides is 2. The normalized spacial score (nSPS) is 19.1. The van der Waals surface area contributed by atoms with Crippen LogP contribution in [0.3, 0.4) is 0 Å². The number of carbonyl (C=O) groups excluding carboxylic acids is 2. The van der Waals surface area contributed by atoms with Gasteiger partial charge in [0.2, 0.25) is 11.2 Å². The van der Waals surface area contributed by atoms with Gasteiger partial charge in [0.1, 0.15) is 25.4 Å². The van der Waals surface area contributed by atoms with E-state index in [1.54, 1.807) is 4.57 Å². The topological polar surface area (TPSA) is 164 Å². The fourth-order valence-electron chi connectivity index (χ4n) is 5.86. The summed E-state index contributed by atoms with van der Waals surface area (Å²) in [4.78, 5) is 38.0. The molecule has 13 heteroatoms. The molecule has 1 fully saturated rings. The number of anilines is 1. The minimum atomic E-state index is -1.28. The molecule has 5 aromatic rings. The number of aliphatic hydroxyl groups excluding tert-OH is 2. The zero-order valence-corrected chi connectivity index (χ0v) is 26.0. The quantitative estimate of drug-likeness (QED) is 0.133. The van der Waals surface area contributed by atoms with E-state index in [9.17, 15) is 19.8 Å². The average molecular weight is 656 g/mol. The molecular formula is C34H34ClN7O5. The van der Waals surface area contributed by atoms with Crippen molar-refractivity contribution in [2.75, 3.05) is 18.4 Å². The van der Waals surface area contributed by atoms with Crippen molar-refractivity contribution in [1.29, 1.82) is 0 Å². The fourth-order valence-corrected chi connectivity index (χ4v) is 6.03. The zero-order chi connectivity index (χ0) is 32.8. The molecule has 2 aromatic heterocycles. The maximum absolute atomic E-state index is 12.6. The number of rotatable bonds is 11.